The van der Waals surface area contributed by atoms with Gasteiger partial charge in [0.1, 0.15) is 5.82 Å². The van der Waals surface area contributed by atoms with Crippen LogP contribution >= 0.6 is 0 Å². The van der Waals surface area contributed by atoms with Crippen molar-refractivity contribution in [2.45, 2.75) is 19.9 Å². The van der Waals surface area contributed by atoms with Crippen molar-refractivity contribution in [3.63, 3.8) is 0 Å². The largest absolute Gasteiger partial charge is 0.354 e. The molecule has 0 radical (unpaired) electrons. The molecule has 0 saturated carbocycles. The lowest BCUT2D eigenvalue weighted by Crippen LogP contribution is -2.34. The van der Waals surface area contributed by atoms with E-state index in [2.05, 4.69) is 10.3 Å². The first-order valence-electron chi connectivity index (χ1n) is 7.84. The number of aryl methyl sites for hydroxylation is 1. The number of carbonyl (C=O) groups excluding carboxylic acids is 2. The van der Waals surface area contributed by atoms with E-state index in [1.165, 1.54) is 11.0 Å². The Labute approximate surface area is 139 Å². The van der Waals surface area contributed by atoms with Crippen LogP contribution in [0.2, 0.25) is 0 Å². The Morgan fingerprint density at radius 3 is 3.00 bits per heavy atom. The minimum Gasteiger partial charge on any atom is -0.354 e. The molecule has 1 N–H and O–H groups in total. The molecular formula is C17H19FN4O2. The molecule has 1 aliphatic heterocycles. The third-order valence-electron chi connectivity index (χ3n) is 4.12. The second-order valence-corrected chi connectivity index (χ2v) is 5.95. The summed E-state index contributed by atoms with van der Waals surface area (Å²) in [6, 6.07) is 4.73. The van der Waals surface area contributed by atoms with Gasteiger partial charge in [-0.05, 0) is 24.6 Å². The molecule has 0 spiro atoms. The maximum atomic E-state index is 14.1. The molecule has 3 rings (SSSR count). The number of nitrogens with one attached hydrogen (secondary N) is 1. The monoisotopic (exact) mass is 330 g/mol. The first-order valence-corrected chi connectivity index (χ1v) is 7.84. The van der Waals surface area contributed by atoms with Crippen molar-refractivity contribution >= 4 is 17.5 Å². The molecule has 24 heavy (non-hydrogen) atoms. The molecule has 6 nitrogen and oxygen atoms in total. The average Bonchev–Trinajstić information content (AvgIpc) is 3.17. The smallest absolute Gasteiger partial charge is 0.227 e. The Morgan fingerprint density at radius 1 is 1.46 bits per heavy atom. The number of carbonyl (C=O) groups is 2. The third kappa shape index (κ3) is 3.45. The third-order valence-corrected chi connectivity index (χ3v) is 4.12. The fraction of sp³-hybridized carbons (Fsp3) is 0.353. The zero-order chi connectivity index (χ0) is 17.1. The Morgan fingerprint density at radius 2 is 2.29 bits per heavy atom. The van der Waals surface area contributed by atoms with Crippen LogP contribution < -0.4 is 10.2 Å². The van der Waals surface area contributed by atoms with Crippen molar-refractivity contribution in [3.05, 3.63) is 48.3 Å². The molecular weight excluding hydrogens is 311 g/mol. The van der Waals surface area contributed by atoms with Crippen LogP contribution in [-0.2, 0) is 16.1 Å². The number of amides is 2. The molecule has 1 saturated heterocycles. The Balaban J connectivity index is 1.58. The lowest BCUT2D eigenvalue weighted by Gasteiger charge is -2.17. The zero-order valence-corrected chi connectivity index (χ0v) is 13.4. The minimum absolute atomic E-state index is 0.101. The number of hydrogen-bond donors (Lipinski definition) is 1. The summed E-state index contributed by atoms with van der Waals surface area (Å²) in [6.07, 6.45) is 5.26. The van der Waals surface area contributed by atoms with Gasteiger partial charge in [0.2, 0.25) is 11.8 Å². The number of nitrogens with zero attached hydrogens (tertiary/aromatic N) is 3. The lowest BCUT2D eigenvalue weighted by atomic mass is 10.1. The van der Waals surface area contributed by atoms with Crippen molar-refractivity contribution < 1.29 is 14.0 Å². The molecule has 2 aromatic rings. The van der Waals surface area contributed by atoms with Gasteiger partial charge in [0.05, 0.1) is 17.9 Å². The highest BCUT2D eigenvalue weighted by molar-refractivity contribution is 6.00. The molecule has 2 heterocycles. The summed E-state index contributed by atoms with van der Waals surface area (Å²) < 4.78 is 15.9. The van der Waals surface area contributed by atoms with Gasteiger partial charge in [-0.3, -0.25) is 9.59 Å². The van der Waals surface area contributed by atoms with Gasteiger partial charge in [0, 0.05) is 38.4 Å². The molecule has 1 fully saturated rings. The summed E-state index contributed by atoms with van der Waals surface area (Å²) in [6.45, 7) is 3.06. The number of rotatable bonds is 5. The fourth-order valence-corrected chi connectivity index (χ4v) is 2.82. The second kappa shape index (κ2) is 6.82. The molecule has 0 bridgehead atoms. The highest BCUT2D eigenvalue weighted by atomic mass is 19.1. The van der Waals surface area contributed by atoms with Gasteiger partial charge in [0.25, 0.3) is 0 Å². The van der Waals surface area contributed by atoms with Crippen LogP contribution in [0.1, 0.15) is 12.0 Å². The molecule has 1 aromatic heterocycles. The normalized spacial score (nSPS) is 17.3. The standard InChI is InChI=1S/C17H19FN4O2/c1-12-2-3-15(14(18)8-12)22-10-13(9-16(22)23)17(24)20-5-7-21-6-4-19-11-21/h2-4,6,8,11,13H,5,7,9-10H2,1H3,(H,20,24)/t13-/m0/s1. The van der Waals surface area contributed by atoms with E-state index >= 15 is 0 Å². The van der Waals surface area contributed by atoms with Crippen molar-refractivity contribution in [1.82, 2.24) is 14.9 Å². The van der Waals surface area contributed by atoms with Gasteiger partial charge in [-0.2, -0.15) is 0 Å². The van der Waals surface area contributed by atoms with Gasteiger partial charge in [-0.25, -0.2) is 9.37 Å². The van der Waals surface area contributed by atoms with E-state index in [1.54, 1.807) is 31.6 Å². The Bertz CT molecular complexity index is 745. The van der Waals surface area contributed by atoms with Gasteiger partial charge in [-0.1, -0.05) is 6.07 Å². The van der Waals surface area contributed by atoms with Crippen molar-refractivity contribution in [1.29, 1.82) is 0 Å². The molecule has 1 atom stereocenters. The van der Waals surface area contributed by atoms with Crippen molar-refractivity contribution in [3.8, 4) is 0 Å². The Hall–Kier alpha value is -2.70. The van der Waals surface area contributed by atoms with E-state index in [-0.39, 0.29) is 30.5 Å². The number of halogens is 1. The Kier molecular flexibility index (Phi) is 4.59. The van der Waals surface area contributed by atoms with Gasteiger partial charge >= 0.3 is 0 Å². The van der Waals surface area contributed by atoms with Crippen molar-refractivity contribution in [2.75, 3.05) is 18.0 Å². The maximum absolute atomic E-state index is 14.1. The second-order valence-electron chi connectivity index (χ2n) is 5.95. The lowest BCUT2D eigenvalue weighted by molar-refractivity contribution is -0.126. The van der Waals surface area contributed by atoms with Crippen LogP contribution in [0.25, 0.3) is 0 Å². The zero-order valence-electron chi connectivity index (χ0n) is 13.4. The summed E-state index contributed by atoms with van der Waals surface area (Å²) in [4.78, 5) is 29.7. The molecule has 1 aromatic carbocycles. The molecule has 0 unspecified atom stereocenters. The van der Waals surface area contributed by atoms with Crippen LogP contribution in [0.4, 0.5) is 10.1 Å². The van der Waals surface area contributed by atoms with E-state index in [4.69, 9.17) is 0 Å². The minimum atomic E-state index is -0.457. The predicted molar refractivity (Wildman–Crippen MR) is 86.8 cm³/mol. The predicted octanol–water partition coefficient (Wildman–Crippen LogP) is 1.50. The molecule has 2 amide bonds. The fourth-order valence-electron chi connectivity index (χ4n) is 2.82. The quantitative estimate of drug-likeness (QED) is 0.903. The summed E-state index contributed by atoms with van der Waals surface area (Å²) in [5, 5.41) is 2.82. The number of anilines is 1. The van der Waals surface area contributed by atoms with E-state index in [0.29, 0.717) is 13.1 Å². The highest BCUT2D eigenvalue weighted by Crippen LogP contribution is 2.28. The van der Waals surface area contributed by atoms with Crippen LogP contribution in [0, 0.1) is 18.7 Å². The summed E-state index contributed by atoms with van der Waals surface area (Å²) >= 11 is 0. The van der Waals surface area contributed by atoms with E-state index in [0.717, 1.165) is 5.56 Å². The maximum Gasteiger partial charge on any atom is 0.227 e. The van der Waals surface area contributed by atoms with Gasteiger partial charge in [0.15, 0.2) is 0 Å². The first-order chi connectivity index (χ1) is 11.5. The summed E-state index contributed by atoms with van der Waals surface area (Å²) in [5.41, 5.74) is 1.02. The van der Waals surface area contributed by atoms with E-state index in [1.807, 2.05) is 10.8 Å². The van der Waals surface area contributed by atoms with Gasteiger partial charge < -0.3 is 14.8 Å². The topological polar surface area (TPSA) is 67.2 Å². The van der Waals surface area contributed by atoms with Crippen LogP contribution in [-0.4, -0.2) is 34.5 Å². The van der Waals surface area contributed by atoms with E-state index < -0.39 is 11.7 Å². The summed E-state index contributed by atoms with van der Waals surface area (Å²) in [5.74, 6) is -1.31. The van der Waals surface area contributed by atoms with Crippen LogP contribution in [0.5, 0.6) is 0 Å². The number of benzene rings is 1. The SMILES string of the molecule is Cc1ccc(N2C[C@@H](C(=O)NCCn3ccnc3)CC2=O)c(F)c1. The molecule has 0 aliphatic carbocycles. The van der Waals surface area contributed by atoms with Gasteiger partial charge in [-0.15, -0.1) is 0 Å². The highest BCUT2D eigenvalue weighted by Gasteiger charge is 2.35. The van der Waals surface area contributed by atoms with Crippen LogP contribution in [0.3, 0.4) is 0 Å². The van der Waals surface area contributed by atoms with Crippen LogP contribution in [0.15, 0.2) is 36.9 Å². The number of imidazole rings is 1. The average molecular weight is 330 g/mol. The number of aromatic nitrogens is 2. The first kappa shape index (κ1) is 16.2. The van der Waals surface area contributed by atoms with Crippen molar-refractivity contribution in [2.24, 2.45) is 5.92 Å². The summed E-state index contributed by atoms with van der Waals surface area (Å²) in [7, 11) is 0. The molecule has 1 aliphatic rings. The van der Waals surface area contributed by atoms with E-state index in [9.17, 15) is 14.0 Å². The number of hydrogen-bond acceptors (Lipinski definition) is 3. The molecule has 7 heteroatoms. The molecule has 126 valence electrons.